The zero-order valence-electron chi connectivity index (χ0n) is 13.4. The first-order valence-electron chi connectivity index (χ1n) is 7.23. The molecule has 27 heavy (non-hydrogen) atoms. The van der Waals surface area contributed by atoms with E-state index in [1.54, 1.807) is 12.1 Å². The van der Waals surface area contributed by atoms with Crippen molar-refractivity contribution in [2.75, 3.05) is 0 Å². The van der Waals surface area contributed by atoms with Gasteiger partial charge < -0.3 is 5.48 Å². The van der Waals surface area contributed by atoms with E-state index >= 15 is 0 Å². The van der Waals surface area contributed by atoms with E-state index in [0.29, 0.717) is 10.9 Å². The zero-order valence-corrected chi connectivity index (χ0v) is 15.0. The lowest BCUT2D eigenvalue weighted by Crippen LogP contribution is -2.02. The van der Waals surface area contributed by atoms with Gasteiger partial charge in [-0.3, -0.25) is 9.11 Å². The highest BCUT2D eigenvalue weighted by molar-refractivity contribution is 7.86. The van der Waals surface area contributed by atoms with Crippen molar-refractivity contribution in [2.45, 2.75) is 9.79 Å². The second-order valence-electron chi connectivity index (χ2n) is 5.58. The van der Waals surface area contributed by atoms with Crippen LogP contribution in [-0.2, 0) is 20.2 Å². The van der Waals surface area contributed by atoms with E-state index < -0.39 is 25.1 Å². The van der Waals surface area contributed by atoms with Gasteiger partial charge in [0.25, 0.3) is 20.2 Å². The average molecular weight is 408 g/mol. The van der Waals surface area contributed by atoms with Crippen molar-refractivity contribution >= 4 is 53.1 Å². The van der Waals surface area contributed by atoms with Crippen LogP contribution in [-0.4, -0.2) is 41.4 Å². The Morgan fingerprint density at radius 1 is 0.630 bits per heavy atom. The molecule has 4 aromatic rings. The standard InChI is InChI=1S/C16H10N2O6S2.H2O/c19-25(20,21)13-5-1-3-10-9(13)7-8-12-15(10)18-16-11(17-12)4-2-6-14(16)26(22,23)24;/h1-8H,(H,19,20,21)(H,22,23,24);1H2. The highest BCUT2D eigenvalue weighted by Gasteiger charge is 2.19. The maximum Gasteiger partial charge on any atom is 0.296 e. The van der Waals surface area contributed by atoms with Crippen LogP contribution in [0.3, 0.4) is 0 Å². The first-order chi connectivity index (χ1) is 12.2. The summed E-state index contributed by atoms with van der Waals surface area (Å²) in [7, 11) is -8.98. The van der Waals surface area contributed by atoms with Crippen LogP contribution < -0.4 is 0 Å². The van der Waals surface area contributed by atoms with Crippen LogP contribution in [0.15, 0.2) is 58.3 Å². The van der Waals surface area contributed by atoms with Crippen LogP contribution in [0.5, 0.6) is 0 Å². The first-order valence-corrected chi connectivity index (χ1v) is 10.1. The molecule has 4 N–H and O–H groups in total. The lowest BCUT2D eigenvalue weighted by atomic mass is 10.1. The monoisotopic (exact) mass is 408 g/mol. The summed E-state index contributed by atoms with van der Waals surface area (Å²) in [5, 5.41) is 0.595. The molecular formula is C16H12N2O7S2. The van der Waals surface area contributed by atoms with Gasteiger partial charge in [-0.2, -0.15) is 16.8 Å². The molecular weight excluding hydrogens is 396 g/mol. The average Bonchev–Trinajstić information content (AvgIpc) is 2.57. The van der Waals surface area contributed by atoms with Gasteiger partial charge in [0.2, 0.25) is 0 Å². The maximum atomic E-state index is 11.6. The smallest absolute Gasteiger partial charge is 0.296 e. The van der Waals surface area contributed by atoms with Crippen molar-refractivity contribution in [1.29, 1.82) is 0 Å². The molecule has 0 fully saturated rings. The third-order valence-electron chi connectivity index (χ3n) is 3.97. The molecule has 4 rings (SSSR count). The second kappa shape index (κ2) is 6.18. The number of hydrogen-bond donors (Lipinski definition) is 2. The minimum Gasteiger partial charge on any atom is -0.412 e. The van der Waals surface area contributed by atoms with E-state index in [0.717, 1.165) is 0 Å². The molecule has 0 amide bonds. The minimum atomic E-state index is -4.52. The summed E-state index contributed by atoms with van der Waals surface area (Å²) in [6, 6.07) is 11.5. The fourth-order valence-corrected chi connectivity index (χ4v) is 4.25. The summed E-state index contributed by atoms with van der Waals surface area (Å²) >= 11 is 0. The molecule has 3 aromatic carbocycles. The van der Waals surface area contributed by atoms with Crippen LogP contribution in [0.2, 0.25) is 0 Å². The number of benzene rings is 3. The fourth-order valence-electron chi connectivity index (χ4n) is 2.90. The summed E-state index contributed by atoms with van der Waals surface area (Å²) in [6.07, 6.45) is 0. The Kier molecular flexibility index (Phi) is 4.37. The SMILES string of the molecule is O.O=S(=O)(O)c1cccc2c1ccc1nc3cccc(S(=O)(=O)O)c3nc12. The molecule has 0 saturated carbocycles. The number of aromatic nitrogens is 2. The molecule has 0 atom stereocenters. The molecule has 0 aliphatic rings. The Morgan fingerprint density at radius 2 is 1.22 bits per heavy atom. The maximum absolute atomic E-state index is 11.6. The van der Waals surface area contributed by atoms with Gasteiger partial charge in [-0.25, -0.2) is 9.97 Å². The molecule has 11 heteroatoms. The third-order valence-corrected chi connectivity index (χ3v) is 5.77. The van der Waals surface area contributed by atoms with Crippen LogP contribution >= 0.6 is 0 Å². The number of nitrogens with zero attached hydrogens (tertiary/aromatic N) is 2. The summed E-state index contributed by atoms with van der Waals surface area (Å²) in [5.74, 6) is 0. The van der Waals surface area contributed by atoms with Gasteiger partial charge in [-0.1, -0.05) is 24.3 Å². The molecule has 140 valence electrons. The number of para-hydroxylation sites is 1. The predicted octanol–water partition coefficient (Wildman–Crippen LogP) is 1.60. The fraction of sp³-hybridized carbons (Fsp3) is 0. The van der Waals surface area contributed by atoms with Crippen molar-refractivity contribution in [3.05, 3.63) is 48.5 Å². The summed E-state index contributed by atoms with van der Waals surface area (Å²) in [5.41, 5.74) is 0.881. The van der Waals surface area contributed by atoms with Crippen LogP contribution in [0.4, 0.5) is 0 Å². The Hall–Kier alpha value is -2.70. The van der Waals surface area contributed by atoms with Crippen LogP contribution in [0.25, 0.3) is 32.8 Å². The van der Waals surface area contributed by atoms with E-state index in [2.05, 4.69) is 9.97 Å². The molecule has 9 nitrogen and oxygen atoms in total. The molecule has 0 radical (unpaired) electrons. The van der Waals surface area contributed by atoms with Gasteiger partial charge in [0.1, 0.15) is 15.3 Å². The topological polar surface area (TPSA) is 166 Å². The lowest BCUT2D eigenvalue weighted by Gasteiger charge is -2.08. The quantitative estimate of drug-likeness (QED) is 0.286. The lowest BCUT2D eigenvalue weighted by molar-refractivity contribution is 0.482. The van der Waals surface area contributed by atoms with Gasteiger partial charge in [-0.05, 0) is 24.3 Å². The Labute approximate surface area is 153 Å². The van der Waals surface area contributed by atoms with E-state index in [9.17, 15) is 25.9 Å². The molecule has 0 saturated heterocycles. The van der Waals surface area contributed by atoms with Crippen LogP contribution in [0.1, 0.15) is 0 Å². The van der Waals surface area contributed by atoms with Gasteiger partial charge in [0.15, 0.2) is 0 Å². The Balaban J connectivity index is 0.00000210. The van der Waals surface area contributed by atoms with Crippen LogP contribution in [0, 0.1) is 0 Å². The van der Waals surface area contributed by atoms with E-state index in [-0.39, 0.29) is 32.3 Å². The molecule has 0 aliphatic heterocycles. The van der Waals surface area contributed by atoms with E-state index in [4.69, 9.17) is 0 Å². The van der Waals surface area contributed by atoms with Gasteiger partial charge >= 0.3 is 0 Å². The number of rotatable bonds is 2. The minimum absolute atomic E-state index is 0. The van der Waals surface area contributed by atoms with Gasteiger partial charge in [0, 0.05) is 10.8 Å². The molecule has 0 spiro atoms. The number of fused-ring (bicyclic) bond motifs is 4. The molecule has 1 aromatic heterocycles. The first kappa shape index (κ1) is 19.1. The van der Waals surface area contributed by atoms with Crippen molar-refractivity contribution in [1.82, 2.24) is 9.97 Å². The van der Waals surface area contributed by atoms with E-state index in [1.165, 1.54) is 36.4 Å². The Morgan fingerprint density at radius 3 is 1.89 bits per heavy atom. The number of hydrogen-bond acceptors (Lipinski definition) is 6. The molecule has 1 heterocycles. The molecule has 0 unspecified atom stereocenters. The highest BCUT2D eigenvalue weighted by atomic mass is 32.2. The third kappa shape index (κ3) is 3.11. The summed E-state index contributed by atoms with van der Waals surface area (Å²) < 4.78 is 65.2. The van der Waals surface area contributed by atoms with Crippen molar-refractivity contribution in [3.63, 3.8) is 0 Å². The second-order valence-corrected chi connectivity index (χ2v) is 8.36. The largest absolute Gasteiger partial charge is 0.412 e. The summed E-state index contributed by atoms with van der Waals surface area (Å²) in [4.78, 5) is 7.98. The van der Waals surface area contributed by atoms with Crippen molar-refractivity contribution in [2.24, 2.45) is 0 Å². The van der Waals surface area contributed by atoms with Gasteiger partial charge in [0.05, 0.1) is 16.6 Å². The van der Waals surface area contributed by atoms with E-state index in [1.807, 2.05) is 0 Å². The molecule has 0 aliphatic carbocycles. The normalized spacial score (nSPS) is 12.4. The predicted molar refractivity (Wildman–Crippen MR) is 97.8 cm³/mol. The van der Waals surface area contributed by atoms with Crippen molar-refractivity contribution in [3.8, 4) is 0 Å². The summed E-state index contributed by atoms with van der Waals surface area (Å²) in [6.45, 7) is 0. The van der Waals surface area contributed by atoms with Crippen molar-refractivity contribution < 1.29 is 31.4 Å². The molecule has 0 bridgehead atoms. The Bertz CT molecular complexity index is 1430. The van der Waals surface area contributed by atoms with Gasteiger partial charge in [-0.15, -0.1) is 0 Å². The zero-order chi connectivity index (χ0) is 18.7. The highest BCUT2D eigenvalue weighted by Crippen LogP contribution is 2.30.